The summed E-state index contributed by atoms with van der Waals surface area (Å²) >= 11 is 1.22. The molecule has 0 unspecified atom stereocenters. The summed E-state index contributed by atoms with van der Waals surface area (Å²) in [5.41, 5.74) is 0.685. The Morgan fingerprint density at radius 2 is 1.94 bits per heavy atom. The molecule has 0 spiro atoms. The second-order valence-corrected chi connectivity index (χ2v) is 7.66. The van der Waals surface area contributed by atoms with Gasteiger partial charge in [-0.3, -0.25) is 4.79 Å². The summed E-state index contributed by atoms with van der Waals surface area (Å²) in [5.74, 6) is 0.0289. The van der Waals surface area contributed by atoms with E-state index in [4.69, 9.17) is 4.74 Å². The van der Waals surface area contributed by atoms with Gasteiger partial charge in [-0.25, -0.2) is 13.9 Å². The number of halogens is 1. The summed E-state index contributed by atoms with van der Waals surface area (Å²) in [6, 6.07) is 16.7. The van der Waals surface area contributed by atoms with Gasteiger partial charge in [0.15, 0.2) is 5.65 Å². The van der Waals surface area contributed by atoms with Crippen molar-refractivity contribution in [1.29, 1.82) is 0 Å². The molecule has 2 heterocycles. The standard InChI is InChI=1S/C21H18FN5O3S/c1-30-16-7-5-14(6-8-16)12-23-19(28)13-26-21(29)27-18(24-26)9-10-20(25-27)31-17-4-2-3-15(22)11-17/h2-11H,12-13H2,1H3,(H,23,28). The van der Waals surface area contributed by atoms with E-state index in [-0.39, 0.29) is 18.3 Å². The van der Waals surface area contributed by atoms with E-state index < -0.39 is 5.69 Å². The molecule has 2 aromatic carbocycles. The average molecular weight is 439 g/mol. The summed E-state index contributed by atoms with van der Waals surface area (Å²) in [6.07, 6.45) is 0. The maximum Gasteiger partial charge on any atom is 0.367 e. The third-order valence-electron chi connectivity index (χ3n) is 4.38. The summed E-state index contributed by atoms with van der Waals surface area (Å²) in [6.45, 7) is 0.0857. The van der Waals surface area contributed by atoms with Gasteiger partial charge in [-0.05, 0) is 48.0 Å². The Morgan fingerprint density at radius 3 is 2.68 bits per heavy atom. The number of carbonyl (C=O) groups is 1. The van der Waals surface area contributed by atoms with Crippen LogP contribution >= 0.6 is 11.8 Å². The number of carbonyl (C=O) groups excluding carboxylic acids is 1. The molecule has 0 aliphatic carbocycles. The first kappa shape index (κ1) is 20.6. The smallest absolute Gasteiger partial charge is 0.367 e. The van der Waals surface area contributed by atoms with E-state index in [2.05, 4.69) is 15.5 Å². The van der Waals surface area contributed by atoms with Gasteiger partial charge in [0.05, 0.1) is 7.11 Å². The zero-order valence-corrected chi connectivity index (χ0v) is 17.3. The monoisotopic (exact) mass is 439 g/mol. The van der Waals surface area contributed by atoms with Gasteiger partial charge in [-0.2, -0.15) is 9.61 Å². The normalized spacial score (nSPS) is 10.9. The fourth-order valence-electron chi connectivity index (χ4n) is 2.84. The first-order chi connectivity index (χ1) is 15.0. The molecule has 8 nitrogen and oxygen atoms in total. The molecule has 1 amide bonds. The number of fused-ring (bicyclic) bond motifs is 1. The van der Waals surface area contributed by atoms with Crippen molar-refractivity contribution in [1.82, 2.24) is 24.7 Å². The Morgan fingerprint density at radius 1 is 1.13 bits per heavy atom. The van der Waals surface area contributed by atoms with Crippen LogP contribution in [0.5, 0.6) is 5.75 Å². The fraction of sp³-hybridized carbons (Fsp3) is 0.143. The van der Waals surface area contributed by atoms with Gasteiger partial charge in [0.2, 0.25) is 5.91 Å². The number of hydrogen-bond acceptors (Lipinski definition) is 6. The SMILES string of the molecule is COc1ccc(CNC(=O)Cn2nc3ccc(Sc4cccc(F)c4)nn3c2=O)cc1. The molecule has 31 heavy (non-hydrogen) atoms. The molecule has 0 radical (unpaired) electrons. The molecule has 4 rings (SSSR count). The minimum atomic E-state index is -0.531. The number of amides is 1. The molecule has 0 saturated carbocycles. The average Bonchev–Trinajstić information content (AvgIpc) is 3.07. The lowest BCUT2D eigenvalue weighted by Gasteiger charge is -2.06. The number of methoxy groups -OCH3 is 1. The topological polar surface area (TPSA) is 90.5 Å². The molecule has 0 atom stereocenters. The zero-order valence-electron chi connectivity index (χ0n) is 16.5. The number of ether oxygens (including phenoxy) is 1. The van der Waals surface area contributed by atoms with E-state index in [0.717, 1.165) is 20.5 Å². The summed E-state index contributed by atoms with van der Waals surface area (Å²) in [5, 5.41) is 11.7. The Balaban J connectivity index is 1.44. The predicted molar refractivity (Wildman–Crippen MR) is 113 cm³/mol. The third kappa shape index (κ3) is 4.92. The van der Waals surface area contributed by atoms with Gasteiger partial charge >= 0.3 is 5.69 Å². The van der Waals surface area contributed by atoms with E-state index in [1.54, 1.807) is 43.5 Å². The Bertz CT molecular complexity index is 1290. The largest absolute Gasteiger partial charge is 0.497 e. The second-order valence-electron chi connectivity index (χ2n) is 6.57. The van der Waals surface area contributed by atoms with Crippen LogP contribution in [0.15, 0.2) is 75.4 Å². The maximum absolute atomic E-state index is 13.4. The van der Waals surface area contributed by atoms with Crippen LogP contribution in [-0.4, -0.2) is 32.4 Å². The van der Waals surface area contributed by atoms with Crippen LogP contribution in [0.2, 0.25) is 0 Å². The lowest BCUT2D eigenvalue weighted by molar-refractivity contribution is -0.122. The molecule has 0 aliphatic heterocycles. The quantitative estimate of drug-likeness (QED) is 0.476. The van der Waals surface area contributed by atoms with Crippen LogP contribution in [0.3, 0.4) is 0 Å². The van der Waals surface area contributed by atoms with E-state index in [1.807, 2.05) is 12.1 Å². The summed E-state index contributed by atoms with van der Waals surface area (Å²) < 4.78 is 20.7. The van der Waals surface area contributed by atoms with E-state index in [1.165, 1.54) is 23.9 Å². The first-order valence-corrected chi connectivity index (χ1v) is 10.1. The number of nitrogens with one attached hydrogen (secondary N) is 1. The molecule has 2 aromatic heterocycles. The van der Waals surface area contributed by atoms with Gasteiger partial charge in [-0.1, -0.05) is 30.0 Å². The molecule has 0 bridgehead atoms. The number of benzene rings is 2. The molecule has 4 aromatic rings. The summed E-state index contributed by atoms with van der Waals surface area (Å²) in [4.78, 5) is 25.5. The highest BCUT2D eigenvalue weighted by atomic mass is 32.2. The number of hydrogen-bond donors (Lipinski definition) is 1. The lowest BCUT2D eigenvalue weighted by Crippen LogP contribution is -2.32. The number of aromatic nitrogens is 4. The van der Waals surface area contributed by atoms with Crippen LogP contribution in [-0.2, 0) is 17.9 Å². The molecule has 10 heteroatoms. The molecule has 158 valence electrons. The van der Waals surface area contributed by atoms with Gasteiger partial charge in [-0.15, -0.1) is 5.10 Å². The highest BCUT2D eigenvalue weighted by molar-refractivity contribution is 7.99. The van der Waals surface area contributed by atoms with E-state index in [0.29, 0.717) is 22.1 Å². The fourth-order valence-corrected chi connectivity index (χ4v) is 3.65. The van der Waals surface area contributed by atoms with E-state index >= 15 is 0 Å². The molecule has 1 N–H and O–H groups in total. The van der Waals surface area contributed by atoms with Gasteiger partial charge in [0.1, 0.15) is 23.1 Å². The highest BCUT2D eigenvalue weighted by Gasteiger charge is 2.13. The van der Waals surface area contributed by atoms with Crippen molar-refractivity contribution in [3.05, 3.63) is 82.5 Å². The van der Waals surface area contributed by atoms with Crippen molar-refractivity contribution < 1.29 is 13.9 Å². The molecule has 0 fully saturated rings. The third-order valence-corrected chi connectivity index (χ3v) is 5.29. The van der Waals surface area contributed by atoms with Gasteiger partial charge < -0.3 is 10.1 Å². The summed E-state index contributed by atoms with van der Waals surface area (Å²) in [7, 11) is 1.58. The first-order valence-electron chi connectivity index (χ1n) is 9.32. The Hall–Kier alpha value is -3.66. The number of nitrogens with zero attached hydrogens (tertiary/aromatic N) is 4. The molecule has 0 saturated heterocycles. The van der Waals surface area contributed by atoms with Crippen LogP contribution in [0.25, 0.3) is 5.65 Å². The lowest BCUT2D eigenvalue weighted by atomic mass is 10.2. The number of rotatable bonds is 7. The highest BCUT2D eigenvalue weighted by Crippen LogP contribution is 2.26. The Labute approximate surface area is 180 Å². The minimum absolute atomic E-state index is 0.231. The Kier molecular flexibility index (Phi) is 5.99. The molecule has 0 aliphatic rings. The van der Waals surface area contributed by atoms with Crippen LogP contribution in [0.1, 0.15) is 5.56 Å². The zero-order chi connectivity index (χ0) is 21.8. The van der Waals surface area contributed by atoms with Crippen molar-refractivity contribution in [2.45, 2.75) is 23.0 Å². The minimum Gasteiger partial charge on any atom is -0.497 e. The maximum atomic E-state index is 13.4. The van der Waals surface area contributed by atoms with Crippen molar-refractivity contribution in [3.63, 3.8) is 0 Å². The molecular weight excluding hydrogens is 421 g/mol. The predicted octanol–water partition coefficient (Wildman–Crippen LogP) is 2.51. The van der Waals surface area contributed by atoms with Crippen LogP contribution in [0.4, 0.5) is 4.39 Å². The van der Waals surface area contributed by atoms with Crippen molar-refractivity contribution in [2.24, 2.45) is 0 Å². The van der Waals surface area contributed by atoms with Crippen molar-refractivity contribution >= 4 is 23.3 Å². The van der Waals surface area contributed by atoms with Crippen molar-refractivity contribution in [3.8, 4) is 5.75 Å². The van der Waals surface area contributed by atoms with Gasteiger partial charge in [0.25, 0.3) is 0 Å². The van der Waals surface area contributed by atoms with Crippen LogP contribution in [0, 0.1) is 5.82 Å². The van der Waals surface area contributed by atoms with Crippen molar-refractivity contribution in [2.75, 3.05) is 7.11 Å². The van der Waals surface area contributed by atoms with E-state index in [9.17, 15) is 14.0 Å². The van der Waals surface area contributed by atoms with Crippen LogP contribution < -0.4 is 15.7 Å². The second kappa shape index (κ2) is 9.00. The van der Waals surface area contributed by atoms with Gasteiger partial charge in [0, 0.05) is 11.4 Å². The molecular formula is C21H18FN5O3S.